The van der Waals surface area contributed by atoms with Gasteiger partial charge in [0.25, 0.3) is 5.56 Å². The number of thiophene rings is 1. The van der Waals surface area contributed by atoms with E-state index in [2.05, 4.69) is 12.2 Å². The van der Waals surface area contributed by atoms with E-state index in [1.807, 2.05) is 18.2 Å². The van der Waals surface area contributed by atoms with E-state index >= 15 is 0 Å². The average Bonchev–Trinajstić information content (AvgIpc) is 3.61. The minimum absolute atomic E-state index is 0.0149. The highest BCUT2D eigenvalue weighted by Crippen LogP contribution is 2.29. The van der Waals surface area contributed by atoms with Gasteiger partial charge in [-0.25, -0.2) is 4.79 Å². The number of ketones is 1. The summed E-state index contributed by atoms with van der Waals surface area (Å²) in [6.07, 6.45) is 6.47. The number of pyridine rings is 1. The Hall–Kier alpha value is -3.18. The highest BCUT2D eigenvalue weighted by molar-refractivity contribution is 7.18. The summed E-state index contributed by atoms with van der Waals surface area (Å²) in [5.74, 6) is 0.263. The van der Waals surface area contributed by atoms with E-state index in [9.17, 15) is 19.5 Å². The van der Waals surface area contributed by atoms with Gasteiger partial charge in [-0.15, -0.1) is 11.3 Å². The van der Waals surface area contributed by atoms with Gasteiger partial charge in [-0.3, -0.25) is 19.1 Å². The Morgan fingerprint density at radius 3 is 2.72 bits per heavy atom. The molecule has 1 atom stereocenters. The van der Waals surface area contributed by atoms with E-state index < -0.39 is 12.2 Å². The number of nitrogens with one attached hydrogen (secondary N) is 1. The van der Waals surface area contributed by atoms with Crippen LogP contribution in [0.4, 0.5) is 10.5 Å². The van der Waals surface area contributed by atoms with Crippen LogP contribution in [-0.2, 0) is 11.2 Å². The third-order valence-corrected chi connectivity index (χ3v) is 9.24. The zero-order chi connectivity index (χ0) is 30.3. The number of aliphatic hydroxyl groups excluding tert-OH is 1. The summed E-state index contributed by atoms with van der Waals surface area (Å²) in [4.78, 5) is 40.9. The molecule has 3 aromatic rings. The average molecular weight is 628 g/mol. The third kappa shape index (κ3) is 7.86. The molecule has 0 radical (unpaired) electrons. The molecule has 0 unspecified atom stereocenters. The first kappa shape index (κ1) is 31.3. The highest BCUT2D eigenvalue weighted by Gasteiger charge is 2.33. The smallest absolute Gasteiger partial charge is 0.414 e. The summed E-state index contributed by atoms with van der Waals surface area (Å²) in [5.41, 5.74) is 2.12. The first-order chi connectivity index (χ1) is 20.8. The Balaban J connectivity index is 1.23. The number of hydrogen-bond donors (Lipinski definition) is 2. The second kappa shape index (κ2) is 14.5. The maximum atomic E-state index is 13.4. The number of aliphatic hydroxyl groups is 1. The molecule has 5 rings (SSSR count). The van der Waals surface area contributed by atoms with Crippen molar-refractivity contribution in [1.29, 1.82) is 0 Å². The molecule has 2 aromatic heterocycles. The zero-order valence-electron chi connectivity index (χ0n) is 24.3. The number of aryl methyl sites for hydroxylation is 1. The van der Waals surface area contributed by atoms with E-state index in [0.717, 1.165) is 43.4 Å². The molecule has 0 spiro atoms. The van der Waals surface area contributed by atoms with E-state index in [1.54, 1.807) is 39.9 Å². The summed E-state index contributed by atoms with van der Waals surface area (Å²) in [6, 6.07) is 12.9. The van der Waals surface area contributed by atoms with Gasteiger partial charge in [-0.05, 0) is 86.6 Å². The number of anilines is 1. The van der Waals surface area contributed by atoms with Crippen molar-refractivity contribution in [2.24, 2.45) is 0 Å². The highest BCUT2D eigenvalue weighted by atomic mass is 35.5. The molecule has 1 aliphatic carbocycles. The Labute approximate surface area is 260 Å². The number of halogens is 1. The maximum Gasteiger partial charge on any atom is 0.414 e. The topological polar surface area (TPSA) is 110 Å². The first-order valence-electron chi connectivity index (χ1n) is 15.0. The van der Waals surface area contributed by atoms with Gasteiger partial charge >= 0.3 is 6.09 Å². The van der Waals surface area contributed by atoms with Gasteiger partial charge in [0, 0.05) is 30.9 Å². The summed E-state index contributed by atoms with van der Waals surface area (Å²) >= 11 is 7.20. The van der Waals surface area contributed by atoms with Crippen LogP contribution in [0.15, 0.2) is 53.5 Å². The fraction of sp³-hybridized carbons (Fsp3) is 0.469. The Bertz CT molecular complexity index is 1480. The molecule has 2 fully saturated rings. The minimum atomic E-state index is -0.447. The number of ether oxygens (including phenoxy) is 2. The lowest BCUT2D eigenvalue weighted by molar-refractivity contribution is 0.0943. The quantitative estimate of drug-likeness (QED) is 0.183. The Morgan fingerprint density at radius 1 is 1.16 bits per heavy atom. The van der Waals surface area contributed by atoms with Gasteiger partial charge in [-0.1, -0.05) is 24.9 Å². The summed E-state index contributed by atoms with van der Waals surface area (Å²) in [7, 11) is 0. The van der Waals surface area contributed by atoms with Crippen LogP contribution in [0, 0.1) is 0 Å². The number of carbonyl (C=O) groups is 2. The number of cyclic esters (lactones) is 1. The summed E-state index contributed by atoms with van der Waals surface area (Å²) in [5, 5.41) is 13.1. The van der Waals surface area contributed by atoms with Crippen LogP contribution in [-0.4, -0.2) is 59.5 Å². The number of benzene rings is 1. The van der Waals surface area contributed by atoms with Crippen LogP contribution in [0.5, 0.6) is 5.75 Å². The van der Waals surface area contributed by atoms with Crippen LogP contribution >= 0.6 is 22.9 Å². The van der Waals surface area contributed by atoms with E-state index in [0.29, 0.717) is 53.5 Å². The fourth-order valence-corrected chi connectivity index (χ4v) is 6.69. The number of rotatable bonds is 13. The van der Waals surface area contributed by atoms with Crippen molar-refractivity contribution in [3.63, 3.8) is 0 Å². The molecule has 11 heteroatoms. The molecule has 43 heavy (non-hydrogen) atoms. The van der Waals surface area contributed by atoms with Crippen molar-refractivity contribution in [3.05, 3.63) is 73.8 Å². The second-order valence-corrected chi connectivity index (χ2v) is 12.8. The molecule has 3 heterocycles. The zero-order valence-corrected chi connectivity index (χ0v) is 25.9. The van der Waals surface area contributed by atoms with Gasteiger partial charge in [0.2, 0.25) is 0 Å². The fourth-order valence-electron chi connectivity index (χ4n) is 5.68. The van der Waals surface area contributed by atoms with Crippen molar-refractivity contribution in [2.75, 3.05) is 24.6 Å². The third-order valence-electron chi connectivity index (χ3n) is 7.97. The predicted octanol–water partition coefficient (Wildman–Crippen LogP) is 5.77. The van der Waals surface area contributed by atoms with Crippen molar-refractivity contribution < 1.29 is 24.2 Å². The van der Waals surface area contributed by atoms with Crippen LogP contribution < -0.4 is 20.5 Å². The molecule has 2 aliphatic rings. The van der Waals surface area contributed by atoms with E-state index in [4.69, 9.17) is 21.1 Å². The van der Waals surface area contributed by atoms with Crippen LogP contribution in [0.1, 0.15) is 67.1 Å². The molecule has 1 amide bonds. The number of hydrogen-bond acceptors (Lipinski definition) is 8. The van der Waals surface area contributed by atoms with Gasteiger partial charge in [0.1, 0.15) is 12.7 Å². The SMILES string of the molecule is CCCc1cc(N2C[C@H](CCC(=O)c3ccc(Cl)s3)OC2=O)ccc1-n1cccc(OCCNC2CCC(O)CC2)c1=O. The summed E-state index contributed by atoms with van der Waals surface area (Å²) < 4.78 is 13.6. The molecule has 9 nitrogen and oxygen atoms in total. The van der Waals surface area contributed by atoms with Crippen molar-refractivity contribution in [1.82, 2.24) is 9.88 Å². The molecular formula is C32H38ClN3O6S. The van der Waals surface area contributed by atoms with Gasteiger partial charge in [0.15, 0.2) is 11.5 Å². The molecule has 1 aliphatic heterocycles. The van der Waals surface area contributed by atoms with Crippen molar-refractivity contribution >= 4 is 40.5 Å². The van der Waals surface area contributed by atoms with Gasteiger partial charge < -0.3 is 19.9 Å². The van der Waals surface area contributed by atoms with E-state index in [1.165, 1.54) is 11.3 Å². The van der Waals surface area contributed by atoms with Crippen LogP contribution in [0.2, 0.25) is 4.34 Å². The number of Topliss-reactive ketones (excluding diaryl/α,β-unsaturated/α-hetero) is 1. The van der Waals surface area contributed by atoms with E-state index in [-0.39, 0.29) is 29.6 Å². The van der Waals surface area contributed by atoms with Gasteiger partial charge in [0.05, 0.1) is 27.5 Å². The molecule has 1 aromatic carbocycles. The molecule has 1 saturated heterocycles. The normalized spacial score (nSPS) is 20.3. The van der Waals surface area contributed by atoms with Gasteiger partial charge in [-0.2, -0.15) is 0 Å². The molecule has 230 valence electrons. The van der Waals surface area contributed by atoms with Crippen LogP contribution in [0.3, 0.4) is 0 Å². The lowest BCUT2D eigenvalue weighted by atomic mass is 9.93. The van der Waals surface area contributed by atoms with Crippen LogP contribution in [0.25, 0.3) is 5.69 Å². The Morgan fingerprint density at radius 2 is 1.98 bits per heavy atom. The summed E-state index contributed by atoms with van der Waals surface area (Å²) in [6.45, 7) is 3.40. The minimum Gasteiger partial charge on any atom is -0.487 e. The number of aromatic nitrogens is 1. The monoisotopic (exact) mass is 627 g/mol. The largest absolute Gasteiger partial charge is 0.487 e. The molecule has 0 bridgehead atoms. The molecule has 1 saturated carbocycles. The number of nitrogens with zero attached hydrogens (tertiary/aromatic N) is 2. The predicted molar refractivity (Wildman–Crippen MR) is 168 cm³/mol. The lowest BCUT2D eigenvalue weighted by Gasteiger charge is -2.26. The second-order valence-electron chi connectivity index (χ2n) is 11.1. The number of carbonyl (C=O) groups excluding carboxylic acids is 2. The first-order valence-corrected chi connectivity index (χ1v) is 16.2. The van der Waals surface area contributed by atoms with Crippen molar-refractivity contribution in [2.45, 2.75) is 76.5 Å². The molecule has 2 N–H and O–H groups in total. The Kier molecular flexibility index (Phi) is 10.6. The number of amides is 1. The molecular weight excluding hydrogens is 590 g/mol. The standard InChI is InChI=1S/C32H38ClN3O6S/c1-2-4-21-19-23(36-20-25(42-32(36)40)11-13-27(38)29-14-15-30(33)43-29)8-12-26(21)35-17-3-5-28(31(35)39)41-18-16-34-22-6-9-24(37)10-7-22/h3,5,8,12,14-15,17,19,22,24-25,34,37H,2,4,6-7,9-11,13,16,18,20H2,1H3/t22?,24?,25-/m0/s1. The van der Waals surface area contributed by atoms with Crippen molar-refractivity contribution in [3.8, 4) is 11.4 Å². The maximum absolute atomic E-state index is 13.4. The lowest BCUT2D eigenvalue weighted by Crippen LogP contribution is -2.37.